The van der Waals surface area contributed by atoms with E-state index in [-0.39, 0.29) is 10.6 Å². The van der Waals surface area contributed by atoms with Crippen molar-refractivity contribution in [2.45, 2.75) is 29.6 Å². The predicted octanol–water partition coefficient (Wildman–Crippen LogP) is 5.30. The molecule has 0 aliphatic carbocycles. The molecule has 0 fully saturated rings. The summed E-state index contributed by atoms with van der Waals surface area (Å²) in [5, 5.41) is 10.4. The van der Waals surface area contributed by atoms with Gasteiger partial charge in [-0.2, -0.15) is 0 Å². The van der Waals surface area contributed by atoms with E-state index in [1.807, 2.05) is 24.3 Å². The Morgan fingerprint density at radius 1 is 1.08 bits per heavy atom. The predicted molar refractivity (Wildman–Crippen MR) is 103 cm³/mol. The van der Waals surface area contributed by atoms with Crippen LogP contribution in [0.4, 0.5) is 0 Å². The van der Waals surface area contributed by atoms with Crippen LogP contribution in [0.25, 0.3) is 11.3 Å². The highest BCUT2D eigenvalue weighted by Gasteiger charge is 2.16. The Kier molecular flexibility index (Phi) is 5.38. The van der Waals surface area contributed by atoms with Crippen molar-refractivity contribution in [3.63, 3.8) is 0 Å². The lowest BCUT2D eigenvalue weighted by atomic mass is 10.0. The van der Waals surface area contributed by atoms with Gasteiger partial charge in [0, 0.05) is 16.5 Å². The zero-order valence-corrected chi connectivity index (χ0v) is 15.7. The van der Waals surface area contributed by atoms with E-state index in [0.29, 0.717) is 23.0 Å². The van der Waals surface area contributed by atoms with E-state index in [9.17, 15) is 9.90 Å². The maximum Gasteiger partial charge on any atom is 0.354 e. The lowest BCUT2D eigenvalue weighted by molar-refractivity contribution is 0.414. The minimum Gasteiger partial charge on any atom is -0.506 e. The van der Waals surface area contributed by atoms with E-state index in [4.69, 9.17) is 9.15 Å². The Bertz CT molecular complexity index is 958. The van der Waals surface area contributed by atoms with Crippen molar-refractivity contribution in [3.05, 3.63) is 70.6 Å². The highest BCUT2D eigenvalue weighted by Crippen LogP contribution is 2.37. The first-order valence-corrected chi connectivity index (χ1v) is 9.09. The maximum atomic E-state index is 12.5. The third-order valence-electron chi connectivity index (χ3n) is 4.02. The van der Waals surface area contributed by atoms with E-state index >= 15 is 0 Å². The molecular formula is C21H20O4S. The van der Waals surface area contributed by atoms with Crippen molar-refractivity contribution in [2.75, 3.05) is 7.11 Å². The van der Waals surface area contributed by atoms with Crippen LogP contribution >= 0.6 is 11.8 Å². The molecule has 0 radical (unpaired) electrons. The Morgan fingerprint density at radius 2 is 1.77 bits per heavy atom. The quantitative estimate of drug-likeness (QED) is 0.662. The molecule has 0 spiro atoms. The molecule has 0 aliphatic heterocycles. The molecule has 1 heterocycles. The van der Waals surface area contributed by atoms with Gasteiger partial charge in [0.2, 0.25) is 0 Å². The van der Waals surface area contributed by atoms with Gasteiger partial charge in [-0.25, -0.2) is 4.79 Å². The second-order valence-corrected chi connectivity index (χ2v) is 7.19. The van der Waals surface area contributed by atoms with Gasteiger partial charge in [0.25, 0.3) is 0 Å². The monoisotopic (exact) mass is 368 g/mol. The minimum atomic E-state index is -0.556. The van der Waals surface area contributed by atoms with Gasteiger partial charge in [-0.15, -0.1) is 0 Å². The summed E-state index contributed by atoms with van der Waals surface area (Å²) in [6.07, 6.45) is 0. The molecule has 0 aliphatic rings. The summed E-state index contributed by atoms with van der Waals surface area (Å²) in [6, 6.07) is 16.4. The number of methoxy groups -OCH3 is 1. The molecule has 26 heavy (non-hydrogen) atoms. The average Bonchev–Trinajstić information content (AvgIpc) is 2.64. The summed E-state index contributed by atoms with van der Waals surface area (Å²) in [5.74, 6) is 1.25. The first kappa shape index (κ1) is 18.1. The molecule has 4 nitrogen and oxygen atoms in total. The Morgan fingerprint density at radius 3 is 2.38 bits per heavy atom. The van der Waals surface area contributed by atoms with Crippen LogP contribution in [0.15, 0.2) is 73.6 Å². The van der Waals surface area contributed by atoms with Gasteiger partial charge in [0.05, 0.1) is 7.11 Å². The second kappa shape index (κ2) is 7.70. The number of aromatic hydroxyl groups is 1. The van der Waals surface area contributed by atoms with Crippen molar-refractivity contribution >= 4 is 11.8 Å². The number of benzene rings is 2. The summed E-state index contributed by atoms with van der Waals surface area (Å²) < 4.78 is 10.6. The molecule has 134 valence electrons. The fourth-order valence-electron chi connectivity index (χ4n) is 2.62. The fraction of sp³-hybridized carbons (Fsp3) is 0.190. The Balaban J connectivity index is 1.97. The highest BCUT2D eigenvalue weighted by molar-refractivity contribution is 7.99. The molecule has 0 saturated carbocycles. The van der Waals surface area contributed by atoms with E-state index in [1.165, 1.54) is 17.8 Å². The van der Waals surface area contributed by atoms with E-state index in [0.717, 1.165) is 10.5 Å². The largest absolute Gasteiger partial charge is 0.506 e. The smallest absolute Gasteiger partial charge is 0.354 e. The van der Waals surface area contributed by atoms with Gasteiger partial charge in [-0.3, -0.25) is 0 Å². The highest BCUT2D eigenvalue weighted by atomic mass is 32.2. The van der Waals surface area contributed by atoms with Gasteiger partial charge < -0.3 is 14.3 Å². The first-order valence-electron chi connectivity index (χ1n) is 8.28. The Hall–Kier alpha value is -2.66. The van der Waals surface area contributed by atoms with Crippen LogP contribution in [0.2, 0.25) is 0 Å². The summed E-state index contributed by atoms with van der Waals surface area (Å²) in [7, 11) is 1.59. The Labute approximate surface area is 156 Å². The third-order valence-corrected chi connectivity index (χ3v) is 5.19. The van der Waals surface area contributed by atoms with Crippen LogP contribution in [0, 0.1) is 0 Å². The lowest BCUT2D eigenvalue weighted by Crippen LogP contribution is -2.03. The van der Waals surface area contributed by atoms with Crippen molar-refractivity contribution in [3.8, 4) is 22.8 Å². The standard InChI is InChI=1S/C21H20O4S/c1-13(2)16-6-4-5-7-19(16)26-20-17(22)12-18(25-21(20)23)14-8-10-15(24-3)11-9-14/h4-13,22H,1-3H3. The normalized spacial score (nSPS) is 10.9. The number of ether oxygens (including phenoxy) is 1. The first-order chi connectivity index (χ1) is 12.5. The van der Waals surface area contributed by atoms with Crippen LogP contribution in [0.5, 0.6) is 11.5 Å². The van der Waals surface area contributed by atoms with Gasteiger partial charge in [0.15, 0.2) is 0 Å². The van der Waals surface area contributed by atoms with Gasteiger partial charge in [-0.05, 0) is 41.8 Å². The molecule has 1 N–H and O–H groups in total. The minimum absolute atomic E-state index is 0.0874. The molecule has 0 saturated heterocycles. The summed E-state index contributed by atoms with van der Waals surface area (Å²) in [4.78, 5) is 13.6. The zero-order valence-electron chi connectivity index (χ0n) is 14.9. The lowest BCUT2D eigenvalue weighted by Gasteiger charge is -2.12. The SMILES string of the molecule is COc1ccc(-c2cc(O)c(Sc3ccccc3C(C)C)c(=O)o2)cc1. The molecule has 5 heteroatoms. The number of rotatable bonds is 5. The molecule has 0 unspecified atom stereocenters. The van der Waals surface area contributed by atoms with Crippen molar-refractivity contribution in [1.82, 2.24) is 0 Å². The molecule has 2 aromatic carbocycles. The van der Waals surface area contributed by atoms with Crippen molar-refractivity contribution < 1.29 is 14.3 Å². The molecule has 0 amide bonds. The maximum absolute atomic E-state index is 12.5. The average molecular weight is 368 g/mol. The number of hydrogen-bond donors (Lipinski definition) is 1. The van der Waals surface area contributed by atoms with E-state index in [2.05, 4.69) is 13.8 Å². The molecule has 3 rings (SSSR count). The third kappa shape index (κ3) is 3.78. The molecule has 3 aromatic rings. The van der Waals surface area contributed by atoms with Crippen molar-refractivity contribution in [2.24, 2.45) is 0 Å². The van der Waals surface area contributed by atoms with Crippen LogP contribution in [-0.4, -0.2) is 12.2 Å². The summed E-state index contributed by atoms with van der Waals surface area (Å²) in [5.41, 5.74) is 1.26. The van der Waals surface area contributed by atoms with Gasteiger partial charge >= 0.3 is 5.63 Å². The van der Waals surface area contributed by atoms with Crippen LogP contribution in [-0.2, 0) is 0 Å². The number of hydrogen-bond acceptors (Lipinski definition) is 5. The summed E-state index contributed by atoms with van der Waals surface area (Å²) in [6.45, 7) is 4.18. The van der Waals surface area contributed by atoms with Crippen LogP contribution in [0.1, 0.15) is 25.3 Å². The molecule has 0 bridgehead atoms. The van der Waals surface area contributed by atoms with Gasteiger partial charge in [0.1, 0.15) is 22.2 Å². The molecular weight excluding hydrogens is 348 g/mol. The topological polar surface area (TPSA) is 59.7 Å². The van der Waals surface area contributed by atoms with Crippen LogP contribution in [0.3, 0.4) is 0 Å². The summed E-state index contributed by atoms with van der Waals surface area (Å²) >= 11 is 1.23. The van der Waals surface area contributed by atoms with E-state index in [1.54, 1.807) is 31.4 Å². The fourth-order valence-corrected chi connectivity index (χ4v) is 3.70. The van der Waals surface area contributed by atoms with E-state index < -0.39 is 5.63 Å². The zero-order chi connectivity index (χ0) is 18.7. The second-order valence-electron chi connectivity index (χ2n) is 6.14. The molecule has 1 aromatic heterocycles. The molecule has 0 atom stereocenters. The van der Waals surface area contributed by atoms with Gasteiger partial charge in [-0.1, -0.05) is 43.8 Å². The van der Waals surface area contributed by atoms with Crippen molar-refractivity contribution in [1.29, 1.82) is 0 Å². The van der Waals surface area contributed by atoms with Crippen LogP contribution < -0.4 is 10.4 Å².